The first-order chi connectivity index (χ1) is 14.1. The zero-order valence-electron chi connectivity index (χ0n) is 16.0. The SMILES string of the molecule is CCc1ccc(/C(O)=C2/C(=O)C(=O)N(Cc3ccco3)C2c2ccccc2)cc1. The third-order valence-corrected chi connectivity index (χ3v) is 5.20. The van der Waals surface area contributed by atoms with Crippen LogP contribution in [0.3, 0.4) is 0 Å². The third kappa shape index (κ3) is 3.47. The van der Waals surface area contributed by atoms with E-state index in [0.717, 1.165) is 17.5 Å². The number of likely N-dealkylation sites (tertiary alicyclic amines) is 1. The van der Waals surface area contributed by atoms with Crippen molar-refractivity contribution in [2.45, 2.75) is 25.9 Å². The van der Waals surface area contributed by atoms with E-state index < -0.39 is 17.7 Å². The molecule has 1 amide bonds. The molecule has 1 atom stereocenters. The Bertz CT molecular complexity index is 1050. The van der Waals surface area contributed by atoms with Crippen LogP contribution in [-0.4, -0.2) is 21.7 Å². The molecule has 1 N–H and O–H groups in total. The van der Waals surface area contributed by atoms with E-state index in [-0.39, 0.29) is 17.9 Å². The highest BCUT2D eigenvalue weighted by atomic mass is 16.3. The van der Waals surface area contributed by atoms with Crippen molar-refractivity contribution in [3.63, 3.8) is 0 Å². The zero-order chi connectivity index (χ0) is 20.4. The molecular weight excluding hydrogens is 366 g/mol. The van der Waals surface area contributed by atoms with Crippen LogP contribution in [0.25, 0.3) is 5.76 Å². The fraction of sp³-hybridized carbons (Fsp3) is 0.167. The molecule has 1 aliphatic heterocycles. The fourth-order valence-corrected chi connectivity index (χ4v) is 3.65. The number of amides is 1. The quantitative estimate of drug-likeness (QED) is 0.398. The van der Waals surface area contributed by atoms with Gasteiger partial charge in [0.2, 0.25) is 0 Å². The van der Waals surface area contributed by atoms with E-state index in [0.29, 0.717) is 11.3 Å². The van der Waals surface area contributed by atoms with Gasteiger partial charge in [0.1, 0.15) is 11.5 Å². The van der Waals surface area contributed by atoms with Crippen molar-refractivity contribution in [1.29, 1.82) is 0 Å². The second-order valence-electron chi connectivity index (χ2n) is 6.97. The maximum Gasteiger partial charge on any atom is 0.296 e. The molecule has 2 heterocycles. The van der Waals surface area contributed by atoms with Gasteiger partial charge in [0.25, 0.3) is 11.7 Å². The van der Waals surface area contributed by atoms with Crippen LogP contribution in [0.2, 0.25) is 0 Å². The zero-order valence-corrected chi connectivity index (χ0v) is 16.0. The van der Waals surface area contributed by atoms with Gasteiger partial charge in [-0.15, -0.1) is 0 Å². The van der Waals surface area contributed by atoms with Gasteiger partial charge in [0, 0.05) is 5.56 Å². The summed E-state index contributed by atoms with van der Waals surface area (Å²) in [7, 11) is 0. The number of benzene rings is 2. The highest BCUT2D eigenvalue weighted by molar-refractivity contribution is 6.46. The highest BCUT2D eigenvalue weighted by Crippen LogP contribution is 2.40. The minimum atomic E-state index is -0.692. The molecule has 3 aromatic rings. The van der Waals surface area contributed by atoms with E-state index in [1.807, 2.05) is 49.4 Å². The summed E-state index contributed by atoms with van der Waals surface area (Å²) in [5, 5.41) is 11.0. The summed E-state index contributed by atoms with van der Waals surface area (Å²) in [6, 6.07) is 19.4. The minimum absolute atomic E-state index is 0.0944. The van der Waals surface area contributed by atoms with Crippen molar-refractivity contribution < 1.29 is 19.1 Å². The average molecular weight is 387 g/mol. The standard InChI is InChI=1S/C24H21NO4/c1-2-16-10-12-18(13-11-16)22(26)20-21(17-7-4-3-5-8-17)25(24(28)23(20)27)15-19-9-6-14-29-19/h3-14,21,26H,2,15H2,1H3/b22-20-. The Hall–Kier alpha value is -3.60. The predicted molar refractivity (Wildman–Crippen MR) is 109 cm³/mol. The second-order valence-corrected chi connectivity index (χ2v) is 6.97. The molecule has 29 heavy (non-hydrogen) atoms. The smallest absolute Gasteiger partial charge is 0.296 e. The minimum Gasteiger partial charge on any atom is -0.507 e. The molecule has 146 valence electrons. The number of ketones is 1. The predicted octanol–water partition coefficient (Wildman–Crippen LogP) is 4.46. The molecular formula is C24H21NO4. The van der Waals surface area contributed by atoms with Crippen LogP contribution in [-0.2, 0) is 22.6 Å². The van der Waals surface area contributed by atoms with E-state index in [4.69, 9.17) is 4.42 Å². The number of aliphatic hydroxyl groups is 1. The van der Waals surface area contributed by atoms with Crippen molar-refractivity contribution in [1.82, 2.24) is 4.90 Å². The van der Waals surface area contributed by atoms with Crippen LogP contribution < -0.4 is 0 Å². The van der Waals surface area contributed by atoms with Gasteiger partial charge in [-0.25, -0.2) is 0 Å². The molecule has 1 aromatic heterocycles. The van der Waals surface area contributed by atoms with Gasteiger partial charge in [-0.2, -0.15) is 0 Å². The molecule has 5 heteroatoms. The topological polar surface area (TPSA) is 70.8 Å². The number of furan rings is 1. The van der Waals surface area contributed by atoms with Gasteiger partial charge in [-0.05, 0) is 29.7 Å². The van der Waals surface area contributed by atoms with Crippen molar-refractivity contribution in [2.24, 2.45) is 0 Å². The third-order valence-electron chi connectivity index (χ3n) is 5.20. The second kappa shape index (κ2) is 7.80. The first-order valence-electron chi connectivity index (χ1n) is 9.55. The Balaban J connectivity index is 1.83. The molecule has 0 saturated carbocycles. The monoisotopic (exact) mass is 387 g/mol. The lowest BCUT2D eigenvalue weighted by Crippen LogP contribution is -2.29. The van der Waals surface area contributed by atoms with Gasteiger partial charge >= 0.3 is 0 Å². The lowest BCUT2D eigenvalue weighted by Gasteiger charge is -2.24. The van der Waals surface area contributed by atoms with Crippen LogP contribution >= 0.6 is 0 Å². The molecule has 2 aromatic carbocycles. The molecule has 0 aliphatic carbocycles. The first kappa shape index (κ1) is 18.7. The molecule has 1 aliphatic rings. The summed E-state index contributed by atoms with van der Waals surface area (Å²) < 4.78 is 5.39. The number of rotatable bonds is 5. The van der Waals surface area contributed by atoms with Crippen molar-refractivity contribution >= 4 is 17.4 Å². The normalized spacial score (nSPS) is 18.4. The van der Waals surface area contributed by atoms with E-state index in [1.165, 1.54) is 11.2 Å². The lowest BCUT2D eigenvalue weighted by atomic mass is 9.95. The van der Waals surface area contributed by atoms with Gasteiger partial charge in [0.05, 0.1) is 24.4 Å². The number of nitrogens with zero attached hydrogens (tertiary/aromatic N) is 1. The molecule has 0 radical (unpaired) electrons. The van der Waals surface area contributed by atoms with E-state index >= 15 is 0 Å². The average Bonchev–Trinajstić information content (AvgIpc) is 3.36. The Labute approximate surface area is 168 Å². The molecule has 1 saturated heterocycles. The van der Waals surface area contributed by atoms with Crippen LogP contribution in [0.5, 0.6) is 0 Å². The Kier molecular flexibility index (Phi) is 5.04. The number of hydrogen-bond donors (Lipinski definition) is 1. The summed E-state index contributed by atoms with van der Waals surface area (Å²) in [6.45, 7) is 2.19. The Morgan fingerprint density at radius 2 is 1.72 bits per heavy atom. The summed E-state index contributed by atoms with van der Waals surface area (Å²) in [4.78, 5) is 27.2. The van der Waals surface area contributed by atoms with Crippen LogP contribution in [0.15, 0.2) is 83.0 Å². The van der Waals surface area contributed by atoms with Crippen LogP contribution in [0, 0.1) is 0 Å². The summed E-state index contributed by atoms with van der Waals surface area (Å²) in [6.07, 6.45) is 2.40. The fourth-order valence-electron chi connectivity index (χ4n) is 3.65. The van der Waals surface area contributed by atoms with Crippen molar-refractivity contribution in [3.8, 4) is 0 Å². The maximum atomic E-state index is 12.9. The molecule has 1 fully saturated rings. The van der Waals surface area contributed by atoms with Crippen LogP contribution in [0.1, 0.15) is 35.4 Å². The van der Waals surface area contributed by atoms with E-state index in [2.05, 4.69) is 0 Å². The Morgan fingerprint density at radius 3 is 2.34 bits per heavy atom. The molecule has 0 spiro atoms. The summed E-state index contributed by atoms with van der Waals surface area (Å²) in [5.41, 5.74) is 2.49. The Morgan fingerprint density at radius 1 is 1.00 bits per heavy atom. The highest BCUT2D eigenvalue weighted by Gasteiger charge is 2.46. The van der Waals surface area contributed by atoms with Gasteiger partial charge in [0.15, 0.2) is 0 Å². The van der Waals surface area contributed by atoms with Crippen molar-refractivity contribution in [3.05, 3.63) is 101 Å². The molecule has 4 rings (SSSR count). The van der Waals surface area contributed by atoms with E-state index in [9.17, 15) is 14.7 Å². The van der Waals surface area contributed by atoms with Crippen molar-refractivity contribution in [2.75, 3.05) is 0 Å². The number of aliphatic hydroxyl groups excluding tert-OH is 1. The summed E-state index contributed by atoms with van der Waals surface area (Å²) >= 11 is 0. The maximum absolute atomic E-state index is 12.9. The molecule has 1 unspecified atom stereocenters. The number of carbonyl (C=O) groups is 2. The number of aryl methyl sites for hydroxylation is 1. The lowest BCUT2D eigenvalue weighted by molar-refractivity contribution is -0.140. The number of hydrogen-bond acceptors (Lipinski definition) is 4. The van der Waals surface area contributed by atoms with Gasteiger partial charge in [-0.1, -0.05) is 61.5 Å². The summed E-state index contributed by atoms with van der Waals surface area (Å²) in [5.74, 6) is -0.939. The number of carbonyl (C=O) groups excluding carboxylic acids is 2. The van der Waals surface area contributed by atoms with Crippen LogP contribution in [0.4, 0.5) is 0 Å². The molecule has 5 nitrogen and oxygen atoms in total. The van der Waals surface area contributed by atoms with Gasteiger partial charge in [-0.3, -0.25) is 9.59 Å². The van der Waals surface area contributed by atoms with E-state index in [1.54, 1.807) is 24.3 Å². The van der Waals surface area contributed by atoms with Gasteiger partial charge < -0.3 is 14.4 Å². The largest absolute Gasteiger partial charge is 0.507 e. The number of Topliss-reactive ketones (excluding diaryl/α,β-unsaturated/α-hetero) is 1. The molecule has 0 bridgehead atoms. The first-order valence-corrected chi connectivity index (χ1v) is 9.55.